The summed E-state index contributed by atoms with van der Waals surface area (Å²) in [5, 5.41) is 9.29. The first-order valence-electron chi connectivity index (χ1n) is 9.37. The molecule has 0 saturated heterocycles. The van der Waals surface area contributed by atoms with E-state index >= 15 is 0 Å². The third kappa shape index (κ3) is 8.85. The van der Waals surface area contributed by atoms with Gasteiger partial charge in [-0.15, -0.1) is 0 Å². The number of benzene rings is 2. The number of hydrogen-bond donors (Lipinski definition) is 3. The molecule has 0 aliphatic carbocycles. The summed E-state index contributed by atoms with van der Waals surface area (Å²) >= 11 is 6.00. The zero-order valence-electron chi connectivity index (χ0n) is 16.9. The minimum Gasteiger partial charge on any atom is -0.484 e. The van der Waals surface area contributed by atoms with Gasteiger partial charge in [0, 0.05) is 20.3 Å². The van der Waals surface area contributed by atoms with Gasteiger partial charge < -0.3 is 20.1 Å². The van der Waals surface area contributed by atoms with Gasteiger partial charge in [-0.05, 0) is 36.2 Å². The minimum absolute atomic E-state index is 0.216. The van der Waals surface area contributed by atoms with E-state index in [0.717, 1.165) is 0 Å². The van der Waals surface area contributed by atoms with E-state index in [4.69, 9.17) is 21.1 Å². The second-order valence-corrected chi connectivity index (χ2v) is 6.60. The van der Waals surface area contributed by atoms with Gasteiger partial charge in [0.1, 0.15) is 5.75 Å². The lowest BCUT2D eigenvalue weighted by Gasteiger charge is -2.09. The molecule has 2 aromatic carbocycles. The third-order valence-electron chi connectivity index (χ3n) is 3.77. The molecular formula is C21H23ClN4O5. The number of para-hydroxylation sites is 1. The maximum absolute atomic E-state index is 12.0. The Morgan fingerprint density at radius 3 is 2.68 bits per heavy atom. The lowest BCUT2D eigenvalue weighted by atomic mass is 10.2. The van der Waals surface area contributed by atoms with Crippen LogP contribution in [-0.4, -0.2) is 50.8 Å². The van der Waals surface area contributed by atoms with Crippen LogP contribution in [0.25, 0.3) is 0 Å². The molecule has 10 heteroatoms. The normalized spacial score (nSPS) is 10.5. The molecule has 2 aromatic rings. The van der Waals surface area contributed by atoms with Gasteiger partial charge in [-0.25, -0.2) is 5.43 Å². The first-order chi connectivity index (χ1) is 15.0. The van der Waals surface area contributed by atoms with Crippen molar-refractivity contribution < 1.29 is 23.9 Å². The molecule has 0 atom stereocenters. The zero-order valence-corrected chi connectivity index (χ0v) is 17.6. The molecule has 0 aliphatic rings. The number of nitrogens with zero attached hydrogens (tertiary/aromatic N) is 1. The molecule has 0 radical (unpaired) electrons. The number of nitrogens with one attached hydrogen (secondary N) is 3. The largest absolute Gasteiger partial charge is 0.484 e. The molecule has 9 nitrogen and oxygen atoms in total. The number of amides is 3. The van der Waals surface area contributed by atoms with E-state index < -0.39 is 11.8 Å². The second-order valence-electron chi connectivity index (χ2n) is 6.19. The Morgan fingerprint density at radius 1 is 1.10 bits per heavy atom. The molecule has 0 heterocycles. The molecule has 0 unspecified atom stereocenters. The Kier molecular flexibility index (Phi) is 9.99. The lowest BCUT2D eigenvalue weighted by Crippen LogP contribution is -2.38. The smallest absolute Gasteiger partial charge is 0.329 e. The number of rotatable bonds is 10. The van der Waals surface area contributed by atoms with Crippen LogP contribution in [0.2, 0.25) is 5.02 Å². The van der Waals surface area contributed by atoms with Crippen molar-refractivity contribution in [2.75, 3.05) is 32.2 Å². The summed E-state index contributed by atoms with van der Waals surface area (Å²) in [6, 6.07) is 13.6. The number of carbonyl (C=O) groups excluding carboxylic acids is 3. The molecular weight excluding hydrogens is 424 g/mol. The molecule has 0 fully saturated rings. The van der Waals surface area contributed by atoms with Crippen LogP contribution in [0.15, 0.2) is 53.6 Å². The van der Waals surface area contributed by atoms with Gasteiger partial charge >= 0.3 is 11.8 Å². The average molecular weight is 447 g/mol. The fourth-order valence-electron chi connectivity index (χ4n) is 2.30. The molecule has 0 aliphatic heterocycles. The van der Waals surface area contributed by atoms with Gasteiger partial charge in [0.05, 0.1) is 16.9 Å². The predicted molar refractivity (Wildman–Crippen MR) is 117 cm³/mol. The van der Waals surface area contributed by atoms with Gasteiger partial charge in [-0.3, -0.25) is 14.4 Å². The minimum atomic E-state index is -0.877. The Balaban J connectivity index is 1.79. The Labute approximate surface area is 184 Å². The number of carbonyl (C=O) groups is 3. The highest BCUT2D eigenvalue weighted by Gasteiger charge is 2.11. The van der Waals surface area contributed by atoms with Crippen LogP contribution in [0.3, 0.4) is 0 Å². The quantitative estimate of drug-likeness (QED) is 0.223. The Hall–Kier alpha value is -3.43. The number of halogens is 1. The summed E-state index contributed by atoms with van der Waals surface area (Å²) in [5.74, 6) is -1.59. The summed E-state index contributed by atoms with van der Waals surface area (Å²) in [4.78, 5) is 35.3. The zero-order chi connectivity index (χ0) is 22.5. The van der Waals surface area contributed by atoms with E-state index in [1.165, 1.54) is 6.21 Å². The van der Waals surface area contributed by atoms with Gasteiger partial charge in [0.25, 0.3) is 5.91 Å². The summed E-state index contributed by atoms with van der Waals surface area (Å²) in [6.45, 7) is 0.596. The van der Waals surface area contributed by atoms with E-state index in [1.54, 1.807) is 55.6 Å². The first-order valence-corrected chi connectivity index (χ1v) is 9.75. The van der Waals surface area contributed by atoms with Crippen LogP contribution >= 0.6 is 11.6 Å². The molecule has 2 rings (SSSR count). The Bertz CT molecular complexity index is 935. The van der Waals surface area contributed by atoms with Crippen LogP contribution in [0, 0.1) is 0 Å². The van der Waals surface area contributed by atoms with Crippen LogP contribution in [0.4, 0.5) is 5.69 Å². The number of methoxy groups -OCH3 is 1. The lowest BCUT2D eigenvalue weighted by molar-refractivity contribution is -0.139. The molecule has 3 amide bonds. The van der Waals surface area contributed by atoms with Crippen molar-refractivity contribution in [3.05, 3.63) is 59.1 Å². The SMILES string of the molecule is COCCCNC(=O)C(=O)N/N=C\c1cccc(OCC(=O)Nc2ccccc2Cl)c1. The summed E-state index contributed by atoms with van der Waals surface area (Å²) < 4.78 is 10.3. The highest BCUT2D eigenvalue weighted by molar-refractivity contribution is 6.35. The average Bonchev–Trinajstić information content (AvgIpc) is 2.77. The number of hydrazone groups is 1. The summed E-state index contributed by atoms with van der Waals surface area (Å²) in [6.07, 6.45) is 1.95. The standard InChI is InChI=1S/C21H23ClN4O5/c1-30-11-5-10-23-20(28)21(29)26-24-13-15-6-4-7-16(12-15)31-14-19(27)25-18-9-3-2-8-17(18)22/h2-4,6-9,12-13H,5,10-11,14H2,1H3,(H,23,28)(H,25,27)(H,26,29)/b24-13-. The molecule has 0 saturated carbocycles. The maximum Gasteiger partial charge on any atom is 0.329 e. The van der Waals surface area contributed by atoms with Crippen molar-refractivity contribution in [2.24, 2.45) is 5.10 Å². The molecule has 0 aromatic heterocycles. The van der Waals surface area contributed by atoms with Crippen LogP contribution in [0.5, 0.6) is 5.75 Å². The van der Waals surface area contributed by atoms with Gasteiger partial charge in [-0.2, -0.15) is 5.10 Å². The van der Waals surface area contributed by atoms with E-state index in [1.807, 2.05) is 0 Å². The topological polar surface area (TPSA) is 118 Å². The number of ether oxygens (including phenoxy) is 2. The summed E-state index contributed by atoms with van der Waals surface area (Å²) in [7, 11) is 1.55. The van der Waals surface area contributed by atoms with E-state index in [0.29, 0.717) is 41.6 Å². The van der Waals surface area contributed by atoms with Crippen LogP contribution < -0.4 is 20.8 Å². The van der Waals surface area contributed by atoms with E-state index in [2.05, 4.69) is 21.2 Å². The van der Waals surface area contributed by atoms with E-state index in [9.17, 15) is 14.4 Å². The first kappa shape index (κ1) is 23.8. The Morgan fingerprint density at radius 2 is 1.90 bits per heavy atom. The van der Waals surface area contributed by atoms with Gasteiger partial charge in [-0.1, -0.05) is 35.9 Å². The van der Waals surface area contributed by atoms with Crippen molar-refractivity contribution in [3.63, 3.8) is 0 Å². The van der Waals surface area contributed by atoms with Crippen molar-refractivity contribution in [2.45, 2.75) is 6.42 Å². The summed E-state index contributed by atoms with van der Waals surface area (Å²) in [5.41, 5.74) is 3.24. The van der Waals surface area contributed by atoms with E-state index in [-0.39, 0.29) is 12.5 Å². The van der Waals surface area contributed by atoms with Gasteiger partial charge in [0.2, 0.25) is 0 Å². The molecule has 0 spiro atoms. The van der Waals surface area contributed by atoms with Crippen molar-refractivity contribution >= 4 is 41.2 Å². The fourth-order valence-corrected chi connectivity index (χ4v) is 2.48. The molecule has 164 valence electrons. The number of hydrogen-bond acceptors (Lipinski definition) is 6. The van der Waals surface area contributed by atoms with Crippen molar-refractivity contribution in [1.82, 2.24) is 10.7 Å². The third-order valence-corrected chi connectivity index (χ3v) is 4.10. The van der Waals surface area contributed by atoms with Crippen LogP contribution in [0.1, 0.15) is 12.0 Å². The van der Waals surface area contributed by atoms with Crippen molar-refractivity contribution in [3.8, 4) is 5.75 Å². The predicted octanol–water partition coefficient (Wildman–Crippen LogP) is 1.96. The second kappa shape index (κ2) is 13.0. The molecule has 3 N–H and O–H groups in total. The van der Waals surface area contributed by atoms with Crippen LogP contribution in [-0.2, 0) is 19.1 Å². The maximum atomic E-state index is 12.0. The van der Waals surface area contributed by atoms with Gasteiger partial charge in [0.15, 0.2) is 6.61 Å². The van der Waals surface area contributed by atoms with Crippen molar-refractivity contribution in [1.29, 1.82) is 0 Å². The number of anilines is 1. The highest BCUT2D eigenvalue weighted by Crippen LogP contribution is 2.20. The molecule has 31 heavy (non-hydrogen) atoms. The highest BCUT2D eigenvalue weighted by atomic mass is 35.5. The molecule has 0 bridgehead atoms. The monoisotopic (exact) mass is 446 g/mol. The fraction of sp³-hybridized carbons (Fsp3) is 0.238.